The van der Waals surface area contributed by atoms with Crippen molar-refractivity contribution in [2.45, 2.75) is 36.6 Å². The Morgan fingerprint density at radius 1 is 1.26 bits per heavy atom. The number of benzene rings is 1. The summed E-state index contributed by atoms with van der Waals surface area (Å²) in [5.41, 5.74) is -0.221. The number of nitrogens with one attached hydrogen (secondary N) is 1. The van der Waals surface area contributed by atoms with Crippen LogP contribution >= 0.6 is 0 Å². The lowest BCUT2D eigenvalue weighted by Gasteiger charge is -2.40. The highest BCUT2D eigenvalue weighted by Crippen LogP contribution is 2.50. The van der Waals surface area contributed by atoms with Crippen LogP contribution < -0.4 is 10.5 Å². The first-order chi connectivity index (χ1) is 14.3. The fourth-order valence-electron chi connectivity index (χ4n) is 4.01. The molecule has 1 fully saturated rings. The summed E-state index contributed by atoms with van der Waals surface area (Å²) in [5, 5.41) is 16.9. The highest BCUT2D eigenvalue weighted by Gasteiger charge is 2.49. The molecular weight excluding hydrogens is 442 g/mol. The van der Waals surface area contributed by atoms with E-state index < -0.39 is 74.9 Å². The van der Waals surface area contributed by atoms with E-state index in [0.717, 1.165) is 24.4 Å². The van der Waals surface area contributed by atoms with E-state index in [9.17, 15) is 35.9 Å². The van der Waals surface area contributed by atoms with Gasteiger partial charge in [0.2, 0.25) is 17.6 Å². The van der Waals surface area contributed by atoms with Crippen LogP contribution in [0.3, 0.4) is 0 Å². The van der Waals surface area contributed by atoms with Gasteiger partial charge in [0.25, 0.3) is 10.0 Å². The number of hydrogen-bond donors (Lipinski definition) is 3. The van der Waals surface area contributed by atoms with Gasteiger partial charge in [0.15, 0.2) is 16.6 Å². The zero-order valence-electron chi connectivity index (χ0n) is 16.1. The molecule has 1 aromatic carbocycles. The largest absolute Gasteiger partial charge is 0.505 e. The number of nitrogens with zero attached hydrogens (tertiary/aromatic N) is 1. The zero-order valence-corrected chi connectivity index (χ0v) is 17.0. The van der Waals surface area contributed by atoms with Crippen LogP contribution in [0.5, 0.6) is 5.75 Å². The van der Waals surface area contributed by atoms with E-state index in [1.807, 2.05) is 0 Å². The van der Waals surface area contributed by atoms with Crippen molar-refractivity contribution in [1.82, 2.24) is 4.98 Å². The number of sulfonamides is 1. The first-order valence-electron chi connectivity index (χ1n) is 9.14. The van der Waals surface area contributed by atoms with Crippen LogP contribution in [-0.2, 0) is 14.8 Å². The predicted molar refractivity (Wildman–Crippen MR) is 102 cm³/mol. The Bertz CT molecular complexity index is 1130. The van der Waals surface area contributed by atoms with E-state index in [0.29, 0.717) is 0 Å². The van der Waals surface area contributed by atoms with Crippen molar-refractivity contribution in [2.24, 2.45) is 17.0 Å². The molecule has 1 heterocycles. The number of amides is 1. The highest BCUT2D eigenvalue weighted by molar-refractivity contribution is 7.89. The molecule has 3 rings (SSSR count). The fourth-order valence-corrected chi connectivity index (χ4v) is 4.51. The normalized spacial score (nSPS) is 23.4. The molecule has 12 heteroatoms. The van der Waals surface area contributed by atoms with Gasteiger partial charge in [0.05, 0.1) is 5.92 Å². The van der Waals surface area contributed by atoms with E-state index in [1.165, 1.54) is 13.0 Å². The molecule has 1 aliphatic rings. The third-order valence-corrected chi connectivity index (χ3v) is 6.08. The molecule has 4 N–H and O–H groups in total. The summed E-state index contributed by atoms with van der Waals surface area (Å²) >= 11 is 0. The highest BCUT2D eigenvalue weighted by atomic mass is 32.2. The van der Waals surface area contributed by atoms with Crippen molar-refractivity contribution >= 4 is 21.6 Å². The topological polar surface area (TPSA) is 122 Å². The molecule has 0 spiro atoms. The molecule has 0 bridgehead atoms. The Kier molecular flexibility index (Phi) is 5.98. The molecular formula is C19H19F4N3O4S. The summed E-state index contributed by atoms with van der Waals surface area (Å²) < 4.78 is 78.8. The standard InChI is InChI=1S/C19H19F4N3O4S/c1-9-7-19(22,23)8-12(15(9)11-2-3-13(20)16(21)17(11)27)18(28)26-10-4-5-25-14(6-10)31(24,29)30/h2-6,9,12,15,27H,7-8H2,1H3,(H2,24,29,30)(H,25,26,28)/t9-,12?,15-/m0/s1. The predicted octanol–water partition coefficient (Wildman–Crippen LogP) is 3.12. The van der Waals surface area contributed by atoms with Crippen molar-refractivity contribution in [3.8, 4) is 5.75 Å². The van der Waals surface area contributed by atoms with Crippen LogP contribution in [0.2, 0.25) is 0 Å². The van der Waals surface area contributed by atoms with Crippen LogP contribution in [0.1, 0.15) is 31.2 Å². The molecule has 168 valence electrons. The lowest BCUT2D eigenvalue weighted by Crippen LogP contribution is -2.42. The lowest BCUT2D eigenvalue weighted by atomic mass is 9.67. The number of primary sulfonamides is 1. The Morgan fingerprint density at radius 3 is 2.58 bits per heavy atom. The molecule has 31 heavy (non-hydrogen) atoms. The number of pyridine rings is 1. The van der Waals surface area contributed by atoms with Crippen LogP contribution in [0.15, 0.2) is 35.5 Å². The van der Waals surface area contributed by atoms with Gasteiger partial charge in [0.1, 0.15) is 0 Å². The summed E-state index contributed by atoms with van der Waals surface area (Å²) in [6.07, 6.45) is -0.462. The Morgan fingerprint density at radius 2 is 1.94 bits per heavy atom. The minimum absolute atomic E-state index is 0.0566. The first kappa shape index (κ1) is 22.9. The maximum atomic E-state index is 14.3. The van der Waals surface area contributed by atoms with E-state index in [2.05, 4.69) is 10.3 Å². The summed E-state index contributed by atoms with van der Waals surface area (Å²) in [6.45, 7) is 1.42. The van der Waals surface area contributed by atoms with Crippen LogP contribution in [0, 0.1) is 23.5 Å². The number of anilines is 1. The number of hydrogen-bond acceptors (Lipinski definition) is 5. The molecule has 3 atom stereocenters. The molecule has 1 aliphatic carbocycles. The monoisotopic (exact) mass is 461 g/mol. The van der Waals surface area contributed by atoms with Gasteiger partial charge in [-0.25, -0.2) is 31.7 Å². The van der Waals surface area contributed by atoms with Crippen LogP contribution in [-0.4, -0.2) is 30.3 Å². The maximum Gasteiger partial charge on any atom is 0.255 e. The van der Waals surface area contributed by atoms with Gasteiger partial charge in [0, 0.05) is 42.3 Å². The molecule has 0 saturated heterocycles. The first-order valence-corrected chi connectivity index (χ1v) is 10.7. The van der Waals surface area contributed by atoms with Crippen molar-refractivity contribution in [3.05, 3.63) is 47.7 Å². The van der Waals surface area contributed by atoms with E-state index >= 15 is 0 Å². The molecule has 7 nitrogen and oxygen atoms in total. The van der Waals surface area contributed by atoms with E-state index in [4.69, 9.17) is 5.14 Å². The lowest BCUT2D eigenvalue weighted by molar-refractivity contribution is -0.131. The number of rotatable bonds is 4. The number of phenols is 1. The van der Waals surface area contributed by atoms with Gasteiger partial charge < -0.3 is 10.4 Å². The molecule has 0 aliphatic heterocycles. The van der Waals surface area contributed by atoms with Crippen LogP contribution in [0.25, 0.3) is 0 Å². The third kappa shape index (κ3) is 4.79. The zero-order chi connectivity index (χ0) is 23.1. The number of nitrogens with two attached hydrogens (primary N) is 1. The second-order valence-electron chi connectivity index (χ2n) is 7.59. The minimum atomic E-state index is -4.17. The number of carbonyl (C=O) groups excluding carboxylic acids is 1. The van der Waals surface area contributed by atoms with Crippen molar-refractivity contribution < 1.29 is 35.9 Å². The molecule has 1 aromatic heterocycles. The number of alkyl halides is 2. The van der Waals surface area contributed by atoms with Crippen molar-refractivity contribution in [2.75, 3.05) is 5.32 Å². The second kappa shape index (κ2) is 8.08. The van der Waals surface area contributed by atoms with Gasteiger partial charge in [-0.15, -0.1) is 0 Å². The Balaban J connectivity index is 1.99. The SMILES string of the molecule is C[C@H]1CC(F)(F)CC(C(=O)Nc2ccnc(S(N)(=O)=O)c2)[C@@H]1c1ccc(F)c(F)c1O. The number of aromatic nitrogens is 1. The van der Waals surface area contributed by atoms with Gasteiger partial charge in [-0.05, 0) is 18.1 Å². The quantitative estimate of drug-likeness (QED) is 0.604. The molecule has 0 radical (unpaired) electrons. The molecule has 2 aromatic rings. The summed E-state index contributed by atoms with van der Waals surface area (Å²) in [6, 6.07) is 4.01. The average Bonchev–Trinajstić information content (AvgIpc) is 2.65. The van der Waals surface area contributed by atoms with E-state index in [1.54, 1.807) is 0 Å². The molecule has 1 unspecified atom stereocenters. The second-order valence-corrected chi connectivity index (χ2v) is 9.10. The van der Waals surface area contributed by atoms with Crippen LogP contribution in [0.4, 0.5) is 23.2 Å². The fraction of sp³-hybridized carbons (Fsp3) is 0.368. The van der Waals surface area contributed by atoms with Crippen molar-refractivity contribution in [3.63, 3.8) is 0 Å². The number of aromatic hydroxyl groups is 1. The number of phenolic OH excluding ortho intramolecular Hbond substituents is 1. The summed E-state index contributed by atoms with van der Waals surface area (Å²) in [5.74, 6) is -11.4. The summed E-state index contributed by atoms with van der Waals surface area (Å²) in [7, 11) is -4.17. The third-order valence-electron chi connectivity index (χ3n) is 5.28. The Hall–Kier alpha value is -2.73. The molecule has 1 amide bonds. The number of halogens is 4. The number of carbonyl (C=O) groups is 1. The van der Waals surface area contributed by atoms with Gasteiger partial charge in [-0.2, -0.15) is 4.39 Å². The minimum Gasteiger partial charge on any atom is -0.505 e. The van der Waals surface area contributed by atoms with E-state index in [-0.39, 0.29) is 11.3 Å². The van der Waals surface area contributed by atoms with Crippen molar-refractivity contribution in [1.29, 1.82) is 0 Å². The smallest absolute Gasteiger partial charge is 0.255 e. The summed E-state index contributed by atoms with van der Waals surface area (Å²) in [4.78, 5) is 16.5. The molecule has 1 saturated carbocycles. The Labute approximate surface area is 175 Å². The maximum absolute atomic E-state index is 14.3. The van der Waals surface area contributed by atoms with Gasteiger partial charge in [-0.3, -0.25) is 4.79 Å². The van der Waals surface area contributed by atoms with Gasteiger partial charge >= 0.3 is 0 Å². The van der Waals surface area contributed by atoms with Gasteiger partial charge in [-0.1, -0.05) is 13.0 Å². The average molecular weight is 461 g/mol.